The van der Waals surface area contributed by atoms with Crippen LogP contribution in [0.5, 0.6) is 17.2 Å². The van der Waals surface area contributed by atoms with Crippen molar-refractivity contribution in [3.05, 3.63) is 59.1 Å². The van der Waals surface area contributed by atoms with E-state index in [2.05, 4.69) is 10.3 Å². The number of carbonyl (C=O) groups is 1. The Morgan fingerprint density at radius 2 is 1.83 bits per heavy atom. The molecule has 1 aromatic heterocycles. The van der Waals surface area contributed by atoms with Crippen LogP contribution >= 0.6 is 11.3 Å². The monoisotopic (exact) mass is 412 g/mol. The molecule has 7 heteroatoms. The third-order valence-corrected chi connectivity index (χ3v) is 5.32. The number of hydrogen-bond acceptors (Lipinski definition) is 6. The van der Waals surface area contributed by atoms with E-state index in [9.17, 15) is 4.79 Å². The number of methoxy groups -OCH3 is 1. The first kappa shape index (κ1) is 20.7. The van der Waals surface area contributed by atoms with Crippen molar-refractivity contribution in [1.82, 2.24) is 10.3 Å². The number of ether oxygens (including phenoxy) is 3. The normalized spacial score (nSPS) is 10.4. The van der Waals surface area contributed by atoms with E-state index < -0.39 is 0 Å². The Bertz CT molecular complexity index is 954. The lowest BCUT2D eigenvalue weighted by molar-refractivity contribution is 0.0950. The van der Waals surface area contributed by atoms with E-state index in [0.717, 1.165) is 22.1 Å². The Balaban J connectivity index is 1.55. The maximum atomic E-state index is 12.5. The van der Waals surface area contributed by atoms with Crippen molar-refractivity contribution in [2.75, 3.05) is 26.9 Å². The first-order valence-electron chi connectivity index (χ1n) is 9.36. The van der Waals surface area contributed by atoms with Gasteiger partial charge in [0, 0.05) is 11.6 Å². The van der Waals surface area contributed by atoms with Crippen molar-refractivity contribution < 1.29 is 19.0 Å². The number of nitrogens with zero attached hydrogens (tertiary/aromatic N) is 1. The third kappa shape index (κ3) is 5.48. The number of amides is 1. The van der Waals surface area contributed by atoms with Crippen molar-refractivity contribution in [1.29, 1.82) is 0 Å². The summed E-state index contributed by atoms with van der Waals surface area (Å²) in [5.74, 6) is 2.10. The minimum Gasteiger partial charge on any atom is -0.497 e. The highest BCUT2D eigenvalue weighted by atomic mass is 32.1. The molecule has 0 atom stereocenters. The Labute approximate surface area is 174 Å². The summed E-state index contributed by atoms with van der Waals surface area (Å²) in [5, 5.41) is 3.69. The fourth-order valence-electron chi connectivity index (χ4n) is 2.70. The molecule has 0 saturated heterocycles. The number of nitrogens with one attached hydrogen (secondary N) is 1. The zero-order valence-electron chi connectivity index (χ0n) is 16.7. The Morgan fingerprint density at radius 3 is 2.55 bits per heavy atom. The van der Waals surface area contributed by atoms with Crippen LogP contribution in [0.2, 0.25) is 0 Å². The second-order valence-corrected chi connectivity index (χ2v) is 7.17. The molecule has 3 aromatic rings. The molecular weight excluding hydrogens is 388 g/mol. The third-order valence-electron chi connectivity index (χ3n) is 4.11. The lowest BCUT2D eigenvalue weighted by Crippen LogP contribution is -2.27. The predicted octanol–water partition coefficient (Wildman–Crippen LogP) is 4.33. The van der Waals surface area contributed by atoms with Crippen LogP contribution in [-0.2, 0) is 0 Å². The SMILES string of the molecule is CCOc1ccc(-c2nc(C)c(C(=O)NCCOc3cccc(OC)c3)s2)cc1. The maximum Gasteiger partial charge on any atom is 0.263 e. The number of hydrogen-bond donors (Lipinski definition) is 1. The zero-order valence-corrected chi connectivity index (χ0v) is 17.5. The molecule has 0 radical (unpaired) electrons. The van der Waals surface area contributed by atoms with Crippen LogP contribution in [-0.4, -0.2) is 37.8 Å². The molecule has 3 rings (SSSR count). The zero-order chi connectivity index (χ0) is 20.6. The molecule has 1 amide bonds. The first-order chi connectivity index (χ1) is 14.1. The van der Waals surface area contributed by atoms with Crippen LogP contribution in [0.25, 0.3) is 10.6 Å². The lowest BCUT2D eigenvalue weighted by Gasteiger charge is -2.08. The summed E-state index contributed by atoms with van der Waals surface area (Å²) in [4.78, 5) is 17.7. The van der Waals surface area contributed by atoms with Gasteiger partial charge in [-0.25, -0.2) is 4.98 Å². The summed E-state index contributed by atoms with van der Waals surface area (Å²) >= 11 is 1.38. The van der Waals surface area contributed by atoms with Crippen LogP contribution in [0.1, 0.15) is 22.3 Å². The molecule has 6 nitrogen and oxygen atoms in total. The van der Waals surface area contributed by atoms with Gasteiger partial charge in [0.1, 0.15) is 33.7 Å². The van der Waals surface area contributed by atoms with E-state index in [0.29, 0.717) is 36.1 Å². The highest BCUT2D eigenvalue weighted by molar-refractivity contribution is 7.17. The van der Waals surface area contributed by atoms with Gasteiger partial charge >= 0.3 is 0 Å². The van der Waals surface area contributed by atoms with E-state index in [1.54, 1.807) is 13.2 Å². The number of thiazole rings is 1. The lowest BCUT2D eigenvalue weighted by atomic mass is 10.2. The second kappa shape index (κ2) is 9.93. The van der Waals surface area contributed by atoms with Gasteiger partial charge in [-0.3, -0.25) is 4.79 Å². The Kier molecular flexibility index (Phi) is 7.08. The highest BCUT2D eigenvalue weighted by Crippen LogP contribution is 2.29. The van der Waals surface area contributed by atoms with Crippen molar-refractivity contribution in [3.8, 4) is 27.8 Å². The molecule has 0 unspecified atom stereocenters. The molecule has 29 heavy (non-hydrogen) atoms. The summed E-state index contributed by atoms with van der Waals surface area (Å²) in [5.41, 5.74) is 1.67. The summed E-state index contributed by atoms with van der Waals surface area (Å²) < 4.78 is 16.3. The largest absolute Gasteiger partial charge is 0.497 e. The molecule has 0 aliphatic heterocycles. The quantitative estimate of drug-likeness (QED) is 0.530. The molecule has 0 bridgehead atoms. The molecule has 0 spiro atoms. The van der Waals surface area contributed by atoms with Crippen molar-refractivity contribution in [2.45, 2.75) is 13.8 Å². The Hall–Kier alpha value is -3.06. The van der Waals surface area contributed by atoms with Gasteiger partial charge in [0.15, 0.2) is 0 Å². The van der Waals surface area contributed by atoms with Crippen molar-refractivity contribution >= 4 is 17.2 Å². The van der Waals surface area contributed by atoms with Crippen molar-refractivity contribution in [3.63, 3.8) is 0 Å². The molecule has 0 fully saturated rings. The minimum absolute atomic E-state index is 0.147. The molecule has 0 aliphatic rings. The van der Waals surface area contributed by atoms with Gasteiger partial charge in [-0.05, 0) is 50.2 Å². The van der Waals surface area contributed by atoms with Crippen LogP contribution in [0.3, 0.4) is 0 Å². The average Bonchev–Trinajstić information content (AvgIpc) is 3.14. The maximum absolute atomic E-state index is 12.5. The van der Waals surface area contributed by atoms with Gasteiger partial charge in [-0.15, -0.1) is 11.3 Å². The molecule has 0 aliphatic carbocycles. The van der Waals surface area contributed by atoms with Gasteiger partial charge in [0.05, 0.1) is 26.0 Å². The summed E-state index contributed by atoms with van der Waals surface area (Å²) in [6.45, 7) is 5.18. The van der Waals surface area contributed by atoms with E-state index in [4.69, 9.17) is 14.2 Å². The molecule has 152 valence electrons. The highest BCUT2D eigenvalue weighted by Gasteiger charge is 2.16. The van der Waals surface area contributed by atoms with E-state index in [1.807, 2.05) is 56.3 Å². The van der Waals surface area contributed by atoms with Gasteiger partial charge in [0.25, 0.3) is 5.91 Å². The number of benzene rings is 2. The topological polar surface area (TPSA) is 69.7 Å². The average molecular weight is 413 g/mol. The predicted molar refractivity (Wildman–Crippen MR) is 114 cm³/mol. The minimum atomic E-state index is -0.147. The molecule has 1 N–H and O–H groups in total. The van der Waals surface area contributed by atoms with Gasteiger partial charge < -0.3 is 19.5 Å². The molecule has 2 aromatic carbocycles. The number of rotatable bonds is 9. The fourth-order valence-corrected chi connectivity index (χ4v) is 3.68. The van der Waals surface area contributed by atoms with E-state index >= 15 is 0 Å². The number of carbonyl (C=O) groups excluding carboxylic acids is 1. The summed E-state index contributed by atoms with van der Waals surface area (Å²) in [7, 11) is 1.61. The standard InChI is InChI=1S/C22H24N2O4S/c1-4-27-17-10-8-16(9-11-17)22-24-15(2)20(29-22)21(25)23-12-13-28-19-7-5-6-18(14-19)26-3/h5-11,14H,4,12-13H2,1-3H3,(H,23,25). The number of aromatic nitrogens is 1. The van der Waals surface area contributed by atoms with E-state index in [-0.39, 0.29) is 5.91 Å². The smallest absolute Gasteiger partial charge is 0.263 e. The van der Waals surface area contributed by atoms with Crippen LogP contribution in [0.15, 0.2) is 48.5 Å². The summed E-state index contributed by atoms with van der Waals surface area (Å²) in [6, 6.07) is 15.1. The van der Waals surface area contributed by atoms with Gasteiger partial charge in [-0.1, -0.05) is 6.07 Å². The molecule has 0 saturated carbocycles. The Morgan fingerprint density at radius 1 is 1.07 bits per heavy atom. The number of aryl methyl sites for hydroxylation is 1. The van der Waals surface area contributed by atoms with Crippen LogP contribution in [0, 0.1) is 6.92 Å². The molecule has 1 heterocycles. The second-order valence-electron chi connectivity index (χ2n) is 6.17. The van der Waals surface area contributed by atoms with E-state index in [1.165, 1.54) is 11.3 Å². The molecular formula is C22H24N2O4S. The fraction of sp³-hybridized carbons (Fsp3) is 0.273. The first-order valence-corrected chi connectivity index (χ1v) is 10.2. The van der Waals surface area contributed by atoms with Gasteiger partial charge in [-0.2, -0.15) is 0 Å². The van der Waals surface area contributed by atoms with Crippen molar-refractivity contribution in [2.24, 2.45) is 0 Å². The van der Waals surface area contributed by atoms with Gasteiger partial charge in [0.2, 0.25) is 0 Å². The van der Waals surface area contributed by atoms with Crippen LogP contribution in [0.4, 0.5) is 0 Å². The van der Waals surface area contributed by atoms with Crippen LogP contribution < -0.4 is 19.5 Å². The summed E-state index contributed by atoms with van der Waals surface area (Å²) in [6.07, 6.45) is 0.